The van der Waals surface area contributed by atoms with Crippen LogP contribution < -0.4 is 5.73 Å². The molecule has 0 aliphatic heterocycles. The molecule has 1 aromatic carbocycles. The molecular weight excluding hydrogens is 408 g/mol. The number of aryl methyl sites for hydroxylation is 1. The summed E-state index contributed by atoms with van der Waals surface area (Å²) in [5, 5.41) is 8.04. The molecule has 0 saturated carbocycles. The van der Waals surface area contributed by atoms with E-state index in [0.29, 0.717) is 11.7 Å². The van der Waals surface area contributed by atoms with Crippen molar-refractivity contribution in [2.45, 2.75) is 49.5 Å². The van der Waals surface area contributed by atoms with Gasteiger partial charge < -0.3 is 15.4 Å². The number of thiazole rings is 1. The van der Waals surface area contributed by atoms with E-state index in [0.717, 1.165) is 15.5 Å². The third-order valence-electron chi connectivity index (χ3n) is 2.38. The van der Waals surface area contributed by atoms with Crippen LogP contribution in [-0.2, 0) is 4.74 Å². The van der Waals surface area contributed by atoms with Crippen molar-refractivity contribution >= 4 is 61.9 Å². The quantitative estimate of drug-likeness (QED) is 0.314. The van der Waals surface area contributed by atoms with Crippen molar-refractivity contribution in [1.29, 1.82) is 5.41 Å². The van der Waals surface area contributed by atoms with Gasteiger partial charge >= 0.3 is 0 Å². The van der Waals surface area contributed by atoms with Gasteiger partial charge in [0.1, 0.15) is 0 Å². The van der Waals surface area contributed by atoms with Crippen LogP contribution in [0.15, 0.2) is 24.3 Å². The fraction of sp³-hybridized carbons (Fsp3) is 0.500. The number of para-hydroxylation sites is 1. The van der Waals surface area contributed by atoms with E-state index < -0.39 is 0 Å². The Morgan fingerprint density at radius 2 is 1.61 bits per heavy atom. The number of ether oxygens (including phenoxy) is 1. The van der Waals surface area contributed by atoms with Gasteiger partial charge in [-0.1, -0.05) is 39.2 Å². The first-order chi connectivity index (χ1) is 12.0. The van der Waals surface area contributed by atoms with Crippen LogP contribution in [0.25, 0.3) is 10.2 Å². The zero-order valence-electron chi connectivity index (χ0n) is 16.6. The Morgan fingerprint density at radius 3 is 1.89 bits per heavy atom. The molecular formula is C20H38N4OS3. The Balaban J connectivity index is -0.000000143. The van der Waals surface area contributed by atoms with E-state index in [2.05, 4.69) is 23.3 Å². The molecule has 3 N–H and O–H groups in total. The SMILES string of the molecule is C.C.CC(=N)N.CC(=S)N(C)C.CCOC(C)=S.Cc1nc2ccccc2s1. The number of aromatic nitrogens is 1. The summed E-state index contributed by atoms with van der Waals surface area (Å²) in [4.78, 5) is 7.16. The van der Waals surface area contributed by atoms with Gasteiger partial charge in [-0.2, -0.15) is 0 Å². The van der Waals surface area contributed by atoms with Crippen LogP contribution in [0, 0.1) is 12.3 Å². The van der Waals surface area contributed by atoms with E-state index in [1.54, 1.807) is 18.3 Å². The predicted molar refractivity (Wildman–Crippen MR) is 137 cm³/mol. The van der Waals surface area contributed by atoms with Gasteiger partial charge in [0.05, 0.1) is 32.7 Å². The summed E-state index contributed by atoms with van der Waals surface area (Å²) in [6.07, 6.45) is 0. The molecule has 2 aromatic rings. The van der Waals surface area contributed by atoms with Crippen molar-refractivity contribution in [1.82, 2.24) is 9.88 Å². The highest BCUT2D eigenvalue weighted by atomic mass is 32.1. The summed E-state index contributed by atoms with van der Waals surface area (Å²) in [5.41, 5.74) is 5.81. The van der Waals surface area contributed by atoms with Crippen molar-refractivity contribution in [3.8, 4) is 0 Å². The first-order valence-electron chi connectivity index (χ1n) is 7.95. The molecule has 0 saturated heterocycles. The molecule has 0 atom stereocenters. The number of fused-ring (bicyclic) bond motifs is 1. The lowest BCUT2D eigenvalue weighted by atomic mass is 10.3. The summed E-state index contributed by atoms with van der Waals surface area (Å²) in [6.45, 7) is 9.82. The fourth-order valence-electron chi connectivity index (χ4n) is 1.19. The number of rotatable bonds is 1. The maximum Gasteiger partial charge on any atom is 0.156 e. The molecule has 0 bridgehead atoms. The first kappa shape index (κ1) is 33.9. The number of benzene rings is 1. The van der Waals surface area contributed by atoms with E-state index in [1.807, 2.05) is 58.0 Å². The van der Waals surface area contributed by atoms with Gasteiger partial charge in [-0.25, -0.2) is 4.98 Å². The Bertz CT molecular complexity index is 648. The highest BCUT2D eigenvalue weighted by Gasteiger charge is 1.95. The van der Waals surface area contributed by atoms with Crippen LogP contribution in [0.1, 0.15) is 47.6 Å². The van der Waals surface area contributed by atoms with Gasteiger partial charge in [-0.3, -0.25) is 5.41 Å². The van der Waals surface area contributed by atoms with Crippen LogP contribution in [0.2, 0.25) is 0 Å². The Hall–Kier alpha value is -1.64. The van der Waals surface area contributed by atoms with Crippen LogP contribution >= 0.6 is 35.8 Å². The smallest absolute Gasteiger partial charge is 0.156 e. The molecule has 0 aliphatic carbocycles. The van der Waals surface area contributed by atoms with Crippen LogP contribution in [0.3, 0.4) is 0 Å². The summed E-state index contributed by atoms with van der Waals surface area (Å²) in [5.74, 6) is 0.167. The average molecular weight is 447 g/mol. The molecule has 0 spiro atoms. The third kappa shape index (κ3) is 22.4. The van der Waals surface area contributed by atoms with E-state index in [1.165, 1.54) is 11.6 Å². The molecule has 0 radical (unpaired) electrons. The molecule has 0 fully saturated rings. The number of thiocarbonyl (C=S) groups is 2. The van der Waals surface area contributed by atoms with Gasteiger partial charge in [-0.05, 0) is 52.0 Å². The van der Waals surface area contributed by atoms with Crippen molar-refractivity contribution in [2.24, 2.45) is 5.73 Å². The number of nitrogens with zero attached hydrogens (tertiary/aromatic N) is 2. The Labute approximate surface area is 186 Å². The summed E-state index contributed by atoms with van der Waals surface area (Å²) in [6, 6.07) is 8.19. The largest absolute Gasteiger partial charge is 0.488 e. The zero-order chi connectivity index (χ0) is 20.7. The molecule has 1 heterocycles. The number of hydrogen-bond donors (Lipinski definition) is 2. The molecule has 8 heteroatoms. The second kappa shape index (κ2) is 20.1. The number of nitrogens with one attached hydrogen (secondary N) is 1. The molecule has 162 valence electrons. The van der Waals surface area contributed by atoms with Gasteiger partial charge in [0.25, 0.3) is 0 Å². The molecule has 5 nitrogen and oxygen atoms in total. The van der Waals surface area contributed by atoms with Crippen LogP contribution in [0.5, 0.6) is 0 Å². The molecule has 0 aliphatic rings. The average Bonchev–Trinajstić information content (AvgIpc) is 2.87. The summed E-state index contributed by atoms with van der Waals surface area (Å²) >= 11 is 11.1. The van der Waals surface area contributed by atoms with Crippen LogP contribution in [0.4, 0.5) is 0 Å². The van der Waals surface area contributed by atoms with Crippen molar-refractivity contribution in [2.75, 3.05) is 20.7 Å². The van der Waals surface area contributed by atoms with E-state index >= 15 is 0 Å². The van der Waals surface area contributed by atoms with Gasteiger partial charge in [-0.15, -0.1) is 11.3 Å². The van der Waals surface area contributed by atoms with Crippen molar-refractivity contribution in [3.63, 3.8) is 0 Å². The number of amidine groups is 1. The normalized spacial score (nSPS) is 7.96. The lowest BCUT2D eigenvalue weighted by molar-refractivity contribution is 0.334. The number of nitrogens with two attached hydrogens (primary N) is 1. The van der Waals surface area contributed by atoms with Crippen LogP contribution in [-0.4, -0.2) is 46.5 Å². The zero-order valence-corrected chi connectivity index (χ0v) is 19.1. The summed E-state index contributed by atoms with van der Waals surface area (Å²) < 4.78 is 6.05. The van der Waals surface area contributed by atoms with E-state index in [9.17, 15) is 0 Å². The van der Waals surface area contributed by atoms with E-state index in [4.69, 9.17) is 28.1 Å². The second-order valence-electron chi connectivity index (χ2n) is 5.22. The minimum absolute atomic E-state index is 0. The maximum atomic E-state index is 6.28. The van der Waals surface area contributed by atoms with Gasteiger partial charge in [0.15, 0.2) is 5.05 Å². The minimum Gasteiger partial charge on any atom is -0.488 e. The highest BCUT2D eigenvalue weighted by molar-refractivity contribution is 7.80. The first-order valence-corrected chi connectivity index (χ1v) is 9.58. The lowest BCUT2D eigenvalue weighted by Crippen LogP contribution is -2.15. The molecule has 0 amide bonds. The van der Waals surface area contributed by atoms with E-state index in [-0.39, 0.29) is 20.7 Å². The molecule has 1 aromatic heterocycles. The van der Waals surface area contributed by atoms with Gasteiger partial charge in [0, 0.05) is 21.0 Å². The minimum atomic E-state index is 0. The Kier molecular flexibility index (Phi) is 24.3. The Morgan fingerprint density at radius 1 is 1.18 bits per heavy atom. The molecule has 28 heavy (non-hydrogen) atoms. The monoisotopic (exact) mass is 446 g/mol. The highest BCUT2D eigenvalue weighted by Crippen LogP contribution is 2.19. The molecule has 2 rings (SSSR count). The van der Waals surface area contributed by atoms with Gasteiger partial charge in [0.2, 0.25) is 0 Å². The lowest BCUT2D eigenvalue weighted by Gasteiger charge is -2.06. The van der Waals surface area contributed by atoms with Crippen molar-refractivity contribution in [3.05, 3.63) is 29.3 Å². The standard InChI is InChI=1S/C8H7NS.C4H9NS.C4H8OS.C2H6N2.2CH4/c1-6-9-7-4-2-3-5-8(7)10-6;1-4(6)5(2)3;1-3-5-4(2)6;1-2(3)4;;/h2-5H,1H3;1-3H3;3H2,1-2H3;1H3,(H3,3,4);2*1H4. The fourth-order valence-corrected chi connectivity index (χ4v) is 2.14. The maximum absolute atomic E-state index is 6.28. The topological polar surface area (TPSA) is 75.2 Å². The molecule has 0 unspecified atom stereocenters. The third-order valence-corrected chi connectivity index (χ3v) is 3.81. The predicted octanol–water partition coefficient (Wildman–Crippen LogP) is 6.08. The number of hydrogen-bond acceptors (Lipinski definition) is 6. The second-order valence-corrected chi connectivity index (χ2v) is 7.62. The van der Waals surface area contributed by atoms with Crippen molar-refractivity contribution < 1.29 is 4.74 Å². The summed E-state index contributed by atoms with van der Waals surface area (Å²) in [7, 11) is 3.87.